The number of rotatable bonds is 10. The number of nitrogens with one attached hydrogen (secondary N) is 1. The SMILES string of the molecule is CCOc1cc(/C=N\NC(=O)CSc2ccc(Cl)cc2)cc(I)c1OCc1ccc(Cl)cc1. The Morgan fingerprint density at radius 2 is 1.73 bits per heavy atom. The molecule has 0 radical (unpaired) electrons. The van der Waals surface area contributed by atoms with Gasteiger partial charge in [0.25, 0.3) is 0 Å². The van der Waals surface area contributed by atoms with Crippen molar-refractivity contribution in [1.29, 1.82) is 0 Å². The lowest BCUT2D eigenvalue weighted by molar-refractivity contribution is -0.118. The lowest BCUT2D eigenvalue weighted by Gasteiger charge is -2.15. The molecular weight excluding hydrogens is 594 g/mol. The Morgan fingerprint density at radius 3 is 2.39 bits per heavy atom. The summed E-state index contributed by atoms with van der Waals surface area (Å²) in [5, 5.41) is 5.42. The summed E-state index contributed by atoms with van der Waals surface area (Å²) in [6, 6.07) is 18.6. The van der Waals surface area contributed by atoms with Crippen LogP contribution in [-0.4, -0.2) is 24.5 Å². The van der Waals surface area contributed by atoms with Gasteiger partial charge in [0.05, 0.1) is 22.1 Å². The first-order chi connectivity index (χ1) is 15.9. The summed E-state index contributed by atoms with van der Waals surface area (Å²) in [6.45, 7) is 2.80. The lowest BCUT2D eigenvalue weighted by atomic mass is 10.2. The summed E-state index contributed by atoms with van der Waals surface area (Å²) in [5.74, 6) is 1.32. The minimum Gasteiger partial charge on any atom is -0.490 e. The number of thioether (sulfide) groups is 1. The Balaban J connectivity index is 1.60. The summed E-state index contributed by atoms with van der Waals surface area (Å²) in [7, 11) is 0. The highest BCUT2D eigenvalue weighted by Crippen LogP contribution is 2.34. The first kappa shape index (κ1) is 25.7. The van der Waals surface area contributed by atoms with E-state index < -0.39 is 0 Å². The number of carbonyl (C=O) groups excluding carboxylic acids is 1. The van der Waals surface area contributed by atoms with E-state index in [0.717, 1.165) is 19.6 Å². The fourth-order valence-corrected chi connectivity index (χ4v) is 4.42. The van der Waals surface area contributed by atoms with E-state index in [1.165, 1.54) is 11.8 Å². The van der Waals surface area contributed by atoms with Crippen molar-refractivity contribution >= 4 is 69.7 Å². The molecule has 0 aliphatic heterocycles. The van der Waals surface area contributed by atoms with E-state index in [0.29, 0.717) is 34.8 Å². The van der Waals surface area contributed by atoms with Gasteiger partial charge in [-0.05, 0) is 89.2 Å². The number of benzene rings is 3. The van der Waals surface area contributed by atoms with Crippen LogP contribution in [0.2, 0.25) is 10.0 Å². The molecule has 0 aliphatic rings. The van der Waals surface area contributed by atoms with Gasteiger partial charge < -0.3 is 9.47 Å². The maximum absolute atomic E-state index is 12.1. The van der Waals surface area contributed by atoms with Crippen molar-refractivity contribution in [2.75, 3.05) is 12.4 Å². The fraction of sp³-hybridized carbons (Fsp3) is 0.167. The average Bonchev–Trinajstić information content (AvgIpc) is 2.79. The van der Waals surface area contributed by atoms with E-state index in [9.17, 15) is 4.79 Å². The molecule has 1 N–H and O–H groups in total. The van der Waals surface area contributed by atoms with Crippen LogP contribution in [0.25, 0.3) is 0 Å². The van der Waals surface area contributed by atoms with Gasteiger partial charge in [-0.2, -0.15) is 5.10 Å². The number of hydrogen-bond donors (Lipinski definition) is 1. The number of hydrazone groups is 1. The average molecular weight is 615 g/mol. The van der Waals surface area contributed by atoms with Crippen molar-refractivity contribution in [1.82, 2.24) is 5.43 Å². The van der Waals surface area contributed by atoms with Crippen LogP contribution < -0.4 is 14.9 Å². The van der Waals surface area contributed by atoms with Crippen molar-refractivity contribution < 1.29 is 14.3 Å². The van der Waals surface area contributed by atoms with Gasteiger partial charge in [-0.15, -0.1) is 11.8 Å². The molecule has 0 unspecified atom stereocenters. The highest BCUT2D eigenvalue weighted by molar-refractivity contribution is 14.1. The number of halogens is 3. The van der Waals surface area contributed by atoms with Gasteiger partial charge >= 0.3 is 0 Å². The molecule has 0 fully saturated rings. The molecule has 3 rings (SSSR count). The van der Waals surface area contributed by atoms with Crippen LogP contribution in [0.3, 0.4) is 0 Å². The standard InChI is InChI=1S/C24H21Cl2IN2O3S/c1-2-31-22-12-17(11-21(27)24(22)32-14-16-3-5-18(25)6-4-16)13-28-29-23(30)15-33-20-9-7-19(26)8-10-20/h3-13H,2,14-15H2,1H3,(H,29,30)/b28-13-. The van der Waals surface area contributed by atoms with E-state index in [4.69, 9.17) is 32.7 Å². The summed E-state index contributed by atoms with van der Waals surface area (Å²) >= 11 is 15.4. The minimum absolute atomic E-state index is 0.200. The van der Waals surface area contributed by atoms with Crippen molar-refractivity contribution in [2.24, 2.45) is 5.10 Å². The van der Waals surface area contributed by atoms with Gasteiger partial charge in [0.2, 0.25) is 5.91 Å². The third-order valence-corrected chi connectivity index (χ3v) is 6.53. The molecule has 0 saturated carbocycles. The maximum atomic E-state index is 12.1. The number of nitrogens with zero attached hydrogens (tertiary/aromatic N) is 1. The maximum Gasteiger partial charge on any atom is 0.250 e. The molecular formula is C24H21Cl2IN2O3S. The molecule has 3 aromatic rings. The zero-order chi connectivity index (χ0) is 23.6. The molecule has 0 aliphatic carbocycles. The summed E-state index contributed by atoms with van der Waals surface area (Å²) in [6.07, 6.45) is 1.58. The summed E-state index contributed by atoms with van der Waals surface area (Å²) < 4.78 is 12.7. The second-order valence-corrected chi connectivity index (χ2v) is 9.80. The fourth-order valence-electron chi connectivity index (χ4n) is 2.69. The molecule has 5 nitrogen and oxygen atoms in total. The van der Waals surface area contributed by atoms with Crippen molar-refractivity contribution in [3.63, 3.8) is 0 Å². The molecule has 1 amide bonds. The highest BCUT2D eigenvalue weighted by Gasteiger charge is 2.12. The summed E-state index contributed by atoms with van der Waals surface area (Å²) in [5.41, 5.74) is 4.33. The summed E-state index contributed by atoms with van der Waals surface area (Å²) in [4.78, 5) is 13.0. The quantitative estimate of drug-likeness (QED) is 0.118. The van der Waals surface area contributed by atoms with Gasteiger partial charge in [0.1, 0.15) is 6.61 Å². The first-order valence-corrected chi connectivity index (χ1v) is 12.8. The Bertz CT molecular complexity index is 1110. The van der Waals surface area contributed by atoms with Crippen molar-refractivity contribution in [3.05, 3.63) is 85.4 Å². The van der Waals surface area contributed by atoms with Gasteiger partial charge in [-0.1, -0.05) is 35.3 Å². The van der Waals surface area contributed by atoms with Gasteiger partial charge in [-0.25, -0.2) is 5.43 Å². The van der Waals surface area contributed by atoms with Gasteiger partial charge in [-0.3, -0.25) is 4.79 Å². The van der Waals surface area contributed by atoms with Crippen LogP contribution >= 0.6 is 57.6 Å². The molecule has 172 valence electrons. The largest absolute Gasteiger partial charge is 0.490 e. The number of hydrogen-bond acceptors (Lipinski definition) is 5. The Labute approximate surface area is 221 Å². The molecule has 3 aromatic carbocycles. The number of amides is 1. The second kappa shape index (κ2) is 13.1. The Kier molecular flexibility index (Phi) is 10.2. The van der Waals surface area contributed by atoms with Crippen molar-refractivity contribution in [3.8, 4) is 11.5 Å². The predicted octanol–water partition coefficient (Wildman–Crippen LogP) is 6.82. The molecule has 0 heterocycles. The minimum atomic E-state index is -0.200. The Morgan fingerprint density at radius 1 is 1.06 bits per heavy atom. The molecule has 0 atom stereocenters. The van der Waals surface area contributed by atoms with Crippen LogP contribution in [0.4, 0.5) is 0 Å². The zero-order valence-electron chi connectivity index (χ0n) is 17.7. The monoisotopic (exact) mass is 614 g/mol. The Hall–Kier alpha value is -1.94. The number of carbonyl (C=O) groups is 1. The zero-order valence-corrected chi connectivity index (χ0v) is 22.2. The molecule has 0 aromatic heterocycles. The van der Waals surface area contributed by atoms with Crippen molar-refractivity contribution in [2.45, 2.75) is 18.4 Å². The van der Waals surface area contributed by atoms with Crippen LogP contribution in [0.1, 0.15) is 18.1 Å². The van der Waals surface area contributed by atoms with Crippen LogP contribution in [0, 0.1) is 3.57 Å². The van der Waals surface area contributed by atoms with E-state index in [2.05, 4.69) is 33.1 Å². The van der Waals surface area contributed by atoms with E-state index in [1.807, 2.05) is 55.5 Å². The first-order valence-electron chi connectivity index (χ1n) is 9.98. The van der Waals surface area contributed by atoms with E-state index in [-0.39, 0.29) is 11.7 Å². The highest BCUT2D eigenvalue weighted by atomic mass is 127. The van der Waals surface area contributed by atoms with Gasteiger partial charge in [0, 0.05) is 14.9 Å². The number of ether oxygens (including phenoxy) is 2. The van der Waals surface area contributed by atoms with Crippen LogP contribution in [0.15, 0.2) is 70.7 Å². The topological polar surface area (TPSA) is 59.9 Å². The molecule has 0 bridgehead atoms. The van der Waals surface area contributed by atoms with Gasteiger partial charge in [0.15, 0.2) is 11.5 Å². The third kappa shape index (κ3) is 8.41. The smallest absolute Gasteiger partial charge is 0.250 e. The third-order valence-electron chi connectivity index (χ3n) is 4.21. The predicted molar refractivity (Wildman–Crippen MR) is 144 cm³/mol. The normalized spacial score (nSPS) is 10.9. The van der Waals surface area contributed by atoms with Crippen LogP contribution in [0.5, 0.6) is 11.5 Å². The lowest BCUT2D eigenvalue weighted by Crippen LogP contribution is -2.19. The second-order valence-electron chi connectivity index (χ2n) is 6.71. The van der Waals surface area contributed by atoms with E-state index in [1.54, 1.807) is 18.3 Å². The molecule has 9 heteroatoms. The van der Waals surface area contributed by atoms with E-state index >= 15 is 0 Å². The molecule has 0 saturated heterocycles. The molecule has 33 heavy (non-hydrogen) atoms. The molecule has 0 spiro atoms. The van der Waals surface area contributed by atoms with Crippen LogP contribution in [-0.2, 0) is 11.4 Å².